The summed E-state index contributed by atoms with van der Waals surface area (Å²) in [6, 6.07) is 0. The van der Waals surface area contributed by atoms with Crippen LogP contribution in [0.15, 0.2) is 44.5 Å². The van der Waals surface area contributed by atoms with Crippen LogP contribution < -0.4 is 0 Å². The molecule has 102 valence electrons. The van der Waals surface area contributed by atoms with E-state index in [4.69, 9.17) is 23.2 Å². The Morgan fingerprint density at radius 1 is 0.842 bits per heavy atom. The predicted octanol–water partition coefficient (Wildman–Crippen LogP) is 5.94. The second kappa shape index (κ2) is 6.81. The van der Waals surface area contributed by atoms with E-state index in [1.54, 1.807) is 0 Å². The van der Waals surface area contributed by atoms with Gasteiger partial charge in [-0.2, -0.15) is 0 Å². The van der Waals surface area contributed by atoms with Crippen molar-refractivity contribution < 1.29 is 21.7 Å². The van der Waals surface area contributed by atoms with Crippen LogP contribution in [0.2, 0.25) is 0 Å². The minimum absolute atomic E-state index is 0. The SMILES string of the molecule is CC1=C(Cl)C(C)C=C1CCC1=CC(C)C(Cl)=C1C.[Ti]. The number of hydrogen-bond acceptors (Lipinski definition) is 0. The molecule has 0 aliphatic heterocycles. The summed E-state index contributed by atoms with van der Waals surface area (Å²) in [5, 5.41) is 2.01. The van der Waals surface area contributed by atoms with Crippen LogP contribution in [0.1, 0.15) is 40.5 Å². The van der Waals surface area contributed by atoms with Gasteiger partial charge in [0.05, 0.1) is 0 Å². The Bertz CT molecular complexity index is 449. The average Bonchev–Trinajstić information content (AvgIpc) is 2.72. The molecule has 0 saturated heterocycles. The van der Waals surface area contributed by atoms with Crippen molar-refractivity contribution in [3.8, 4) is 0 Å². The summed E-state index contributed by atoms with van der Waals surface area (Å²) in [6.45, 7) is 8.55. The first-order valence-electron chi connectivity index (χ1n) is 6.56. The van der Waals surface area contributed by atoms with Crippen molar-refractivity contribution in [2.24, 2.45) is 11.8 Å². The Labute approximate surface area is 141 Å². The van der Waals surface area contributed by atoms with Gasteiger partial charge in [0.15, 0.2) is 0 Å². The van der Waals surface area contributed by atoms with Gasteiger partial charge >= 0.3 is 0 Å². The Kier molecular flexibility index (Phi) is 6.20. The van der Waals surface area contributed by atoms with Gasteiger partial charge in [-0.25, -0.2) is 0 Å². The van der Waals surface area contributed by atoms with E-state index in [-0.39, 0.29) is 21.7 Å². The molecule has 0 aromatic heterocycles. The summed E-state index contributed by atoms with van der Waals surface area (Å²) < 4.78 is 0. The van der Waals surface area contributed by atoms with Gasteiger partial charge in [0.2, 0.25) is 0 Å². The Morgan fingerprint density at radius 3 is 1.37 bits per heavy atom. The molecule has 19 heavy (non-hydrogen) atoms. The fraction of sp³-hybridized carbons (Fsp3) is 0.500. The van der Waals surface area contributed by atoms with E-state index < -0.39 is 0 Å². The monoisotopic (exact) mass is 330 g/mol. The van der Waals surface area contributed by atoms with E-state index >= 15 is 0 Å². The van der Waals surface area contributed by atoms with Crippen molar-refractivity contribution in [2.75, 3.05) is 0 Å². The molecule has 0 aromatic rings. The molecule has 0 heterocycles. The van der Waals surface area contributed by atoms with Crippen LogP contribution in [-0.4, -0.2) is 0 Å². The van der Waals surface area contributed by atoms with Gasteiger partial charge in [0.25, 0.3) is 0 Å². The van der Waals surface area contributed by atoms with Gasteiger partial charge in [-0.05, 0) is 49.0 Å². The van der Waals surface area contributed by atoms with Crippen LogP contribution in [-0.2, 0) is 21.7 Å². The number of halogens is 2. The normalized spacial score (nSPS) is 26.6. The molecule has 2 rings (SSSR count). The standard InChI is InChI=1S/C16H20Cl2.Ti/c1-9-7-13(11(3)15(9)17)5-6-14-8-10(2)16(18)12(14)4;/h7-10H,5-6H2,1-4H3;. The van der Waals surface area contributed by atoms with E-state index in [1.165, 1.54) is 22.3 Å². The Hall–Kier alpha value is 0.254. The van der Waals surface area contributed by atoms with Gasteiger partial charge in [-0.15, -0.1) is 0 Å². The molecule has 2 atom stereocenters. The smallest absolute Gasteiger partial charge is 0.0278 e. The number of rotatable bonds is 3. The maximum absolute atomic E-state index is 6.26. The summed E-state index contributed by atoms with van der Waals surface area (Å²) in [6.07, 6.45) is 6.70. The molecule has 2 aliphatic carbocycles. The van der Waals surface area contributed by atoms with Gasteiger partial charge < -0.3 is 0 Å². The molecule has 3 heteroatoms. The number of hydrogen-bond donors (Lipinski definition) is 0. The first-order chi connectivity index (χ1) is 8.41. The Balaban J connectivity index is 0.00000180. The predicted molar refractivity (Wildman–Crippen MR) is 80.8 cm³/mol. The molecule has 0 spiro atoms. The zero-order chi connectivity index (χ0) is 13.4. The molecule has 0 bridgehead atoms. The minimum atomic E-state index is 0. The molecule has 0 amide bonds. The van der Waals surface area contributed by atoms with E-state index in [1.807, 2.05) is 0 Å². The van der Waals surface area contributed by atoms with Crippen LogP contribution in [0, 0.1) is 11.8 Å². The second-order valence-electron chi connectivity index (χ2n) is 5.41. The van der Waals surface area contributed by atoms with Crippen LogP contribution in [0.5, 0.6) is 0 Å². The van der Waals surface area contributed by atoms with E-state index in [2.05, 4.69) is 39.8 Å². The third kappa shape index (κ3) is 3.47. The van der Waals surface area contributed by atoms with Crippen molar-refractivity contribution in [1.82, 2.24) is 0 Å². The largest absolute Gasteiger partial charge is 0.0882 e. The Morgan fingerprint density at radius 2 is 1.16 bits per heavy atom. The molecular formula is C16H20Cl2Ti. The van der Waals surface area contributed by atoms with Gasteiger partial charge in [0.1, 0.15) is 0 Å². The minimum Gasteiger partial charge on any atom is -0.0882 e. The quantitative estimate of drug-likeness (QED) is 0.561. The van der Waals surface area contributed by atoms with Crippen molar-refractivity contribution in [3.63, 3.8) is 0 Å². The summed E-state index contributed by atoms with van der Waals surface area (Å²) >= 11 is 12.5. The summed E-state index contributed by atoms with van der Waals surface area (Å²) in [7, 11) is 0. The third-order valence-electron chi connectivity index (χ3n) is 4.05. The molecule has 2 aliphatic rings. The van der Waals surface area contributed by atoms with Gasteiger partial charge in [-0.3, -0.25) is 0 Å². The van der Waals surface area contributed by atoms with E-state index in [9.17, 15) is 0 Å². The molecule has 0 radical (unpaired) electrons. The summed E-state index contributed by atoms with van der Waals surface area (Å²) in [4.78, 5) is 0. The molecule has 0 N–H and O–H groups in total. The molecule has 0 nitrogen and oxygen atoms in total. The van der Waals surface area contributed by atoms with Crippen molar-refractivity contribution >= 4 is 23.2 Å². The molecule has 0 fully saturated rings. The van der Waals surface area contributed by atoms with Crippen LogP contribution >= 0.6 is 23.2 Å². The maximum Gasteiger partial charge on any atom is 0.0278 e. The zero-order valence-corrected chi connectivity index (χ0v) is 15.1. The second-order valence-corrected chi connectivity index (χ2v) is 6.22. The van der Waals surface area contributed by atoms with Crippen molar-refractivity contribution in [2.45, 2.75) is 40.5 Å². The van der Waals surface area contributed by atoms with Gasteiger partial charge in [0, 0.05) is 43.6 Å². The first kappa shape index (κ1) is 17.3. The topological polar surface area (TPSA) is 0 Å². The third-order valence-corrected chi connectivity index (χ3v) is 5.30. The summed E-state index contributed by atoms with van der Waals surface area (Å²) in [5.41, 5.74) is 5.33. The first-order valence-corrected chi connectivity index (χ1v) is 7.32. The van der Waals surface area contributed by atoms with Crippen LogP contribution in [0.25, 0.3) is 0 Å². The number of allylic oxidation sites excluding steroid dienone is 8. The molecular weight excluding hydrogens is 311 g/mol. The van der Waals surface area contributed by atoms with Gasteiger partial charge in [-0.1, -0.05) is 49.2 Å². The molecule has 0 aromatic carbocycles. The van der Waals surface area contributed by atoms with Crippen molar-refractivity contribution in [3.05, 3.63) is 44.5 Å². The maximum atomic E-state index is 6.26. The van der Waals surface area contributed by atoms with Crippen LogP contribution in [0.4, 0.5) is 0 Å². The van der Waals surface area contributed by atoms with Crippen LogP contribution in [0.3, 0.4) is 0 Å². The van der Waals surface area contributed by atoms with E-state index in [0.717, 1.165) is 22.9 Å². The fourth-order valence-corrected chi connectivity index (χ4v) is 3.17. The van der Waals surface area contributed by atoms with E-state index in [0.29, 0.717) is 11.8 Å². The molecule has 0 saturated carbocycles. The zero-order valence-electron chi connectivity index (χ0n) is 12.0. The molecule has 2 unspecified atom stereocenters. The van der Waals surface area contributed by atoms with Crippen molar-refractivity contribution in [1.29, 1.82) is 0 Å². The summed E-state index contributed by atoms with van der Waals surface area (Å²) in [5.74, 6) is 0.775. The average molecular weight is 331 g/mol. The fourth-order valence-electron chi connectivity index (χ4n) is 2.80.